The Morgan fingerprint density at radius 1 is 1.16 bits per heavy atom. The number of nitrogens with one attached hydrogen (secondary N) is 1. The van der Waals surface area contributed by atoms with Crippen molar-refractivity contribution in [2.45, 2.75) is 37.3 Å². The van der Waals surface area contributed by atoms with Crippen molar-refractivity contribution >= 4 is 17.6 Å². The predicted octanol–water partition coefficient (Wildman–Crippen LogP) is 2.09. The third-order valence-corrected chi connectivity index (χ3v) is 5.84. The molecule has 1 saturated carbocycles. The molecule has 9 nitrogen and oxygen atoms in total. The smallest absolute Gasteiger partial charge is 0.309 e. The quantitative estimate of drug-likeness (QED) is 0.689. The van der Waals surface area contributed by atoms with E-state index in [2.05, 4.69) is 20.5 Å². The standard InChI is InChI=1S/C22H21N5O4/c1-13-16(20(29)27(2)17-15(30-13)9-6-12-23-17)24-18(28)19-25-26-21(31-19)22(10-11-22)14-7-4-3-5-8-14/h3-9,12-13,16H,10-11H2,1-2H3,(H,24,28)/t13-,16+/m1/s1. The molecule has 1 aromatic carbocycles. The third kappa shape index (κ3) is 3.22. The largest absolute Gasteiger partial charge is 0.484 e. The number of hydrogen-bond acceptors (Lipinski definition) is 7. The van der Waals surface area contributed by atoms with Crippen LogP contribution in [0.3, 0.4) is 0 Å². The zero-order valence-corrected chi connectivity index (χ0v) is 17.1. The van der Waals surface area contributed by atoms with Crippen LogP contribution >= 0.6 is 0 Å². The molecular weight excluding hydrogens is 398 g/mol. The predicted molar refractivity (Wildman–Crippen MR) is 110 cm³/mol. The first kappa shape index (κ1) is 19.2. The van der Waals surface area contributed by atoms with Crippen molar-refractivity contribution in [1.29, 1.82) is 0 Å². The second-order valence-corrected chi connectivity index (χ2v) is 7.86. The normalized spacial score (nSPS) is 21.6. The summed E-state index contributed by atoms with van der Waals surface area (Å²) in [6, 6.07) is 12.4. The van der Waals surface area contributed by atoms with Gasteiger partial charge in [0, 0.05) is 13.2 Å². The summed E-state index contributed by atoms with van der Waals surface area (Å²) in [6.07, 6.45) is 2.71. The number of rotatable bonds is 4. The molecule has 0 saturated heterocycles. The lowest BCUT2D eigenvalue weighted by Gasteiger charge is -2.22. The van der Waals surface area contributed by atoms with Gasteiger partial charge in [0.25, 0.3) is 5.91 Å². The van der Waals surface area contributed by atoms with E-state index in [1.54, 1.807) is 32.3 Å². The van der Waals surface area contributed by atoms with Gasteiger partial charge >= 0.3 is 11.8 Å². The Bertz CT molecular complexity index is 1140. The van der Waals surface area contributed by atoms with Gasteiger partial charge in [-0.15, -0.1) is 10.2 Å². The summed E-state index contributed by atoms with van der Waals surface area (Å²) >= 11 is 0. The zero-order chi connectivity index (χ0) is 21.6. The van der Waals surface area contributed by atoms with Crippen molar-refractivity contribution in [3.63, 3.8) is 0 Å². The number of carbonyl (C=O) groups is 2. The number of hydrogen-bond donors (Lipinski definition) is 1. The van der Waals surface area contributed by atoms with Crippen LogP contribution in [-0.2, 0) is 10.2 Å². The lowest BCUT2D eigenvalue weighted by molar-refractivity contribution is -0.121. The van der Waals surface area contributed by atoms with E-state index in [4.69, 9.17) is 9.15 Å². The molecule has 2 atom stereocenters. The molecule has 1 aliphatic heterocycles. The molecule has 5 rings (SSSR count). The number of fused-ring (bicyclic) bond motifs is 1. The van der Waals surface area contributed by atoms with Gasteiger partial charge in [-0.2, -0.15) is 0 Å². The van der Waals surface area contributed by atoms with E-state index in [9.17, 15) is 9.59 Å². The highest BCUT2D eigenvalue weighted by atomic mass is 16.5. The Hall–Kier alpha value is -3.75. The lowest BCUT2D eigenvalue weighted by atomic mass is 9.96. The van der Waals surface area contributed by atoms with Crippen LogP contribution in [0.4, 0.5) is 5.82 Å². The summed E-state index contributed by atoms with van der Waals surface area (Å²) < 4.78 is 11.6. The number of ether oxygens (including phenoxy) is 1. The second-order valence-electron chi connectivity index (χ2n) is 7.86. The highest BCUT2D eigenvalue weighted by Crippen LogP contribution is 2.52. The molecule has 1 fully saturated rings. The van der Waals surface area contributed by atoms with Gasteiger partial charge in [0.15, 0.2) is 11.6 Å². The van der Waals surface area contributed by atoms with Gasteiger partial charge in [-0.25, -0.2) is 4.98 Å². The van der Waals surface area contributed by atoms with E-state index < -0.39 is 18.1 Å². The first-order valence-corrected chi connectivity index (χ1v) is 10.1. The van der Waals surface area contributed by atoms with Crippen molar-refractivity contribution in [3.05, 3.63) is 66.0 Å². The molecule has 31 heavy (non-hydrogen) atoms. The average Bonchev–Trinajstić information content (AvgIpc) is 3.47. The first-order chi connectivity index (χ1) is 15.0. The average molecular weight is 419 g/mol. The first-order valence-electron chi connectivity index (χ1n) is 10.1. The monoisotopic (exact) mass is 419 g/mol. The minimum absolute atomic E-state index is 0.181. The molecule has 2 amide bonds. The molecule has 2 aromatic heterocycles. The Kier molecular flexibility index (Phi) is 4.46. The van der Waals surface area contributed by atoms with Crippen LogP contribution in [0, 0.1) is 0 Å². The minimum Gasteiger partial charge on any atom is -0.484 e. The second kappa shape index (κ2) is 7.19. The SMILES string of the molecule is C[C@H]1Oc2cccnc2N(C)C(=O)[C@H]1NC(=O)c1nnc(C2(c3ccccc3)CC2)o1. The molecule has 2 aliphatic rings. The number of pyridine rings is 1. The van der Waals surface area contributed by atoms with Crippen LogP contribution in [0.25, 0.3) is 0 Å². The molecule has 9 heteroatoms. The number of carbonyl (C=O) groups excluding carboxylic acids is 2. The number of aromatic nitrogens is 3. The summed E-state index contributed by atoms with van der Waals surface area (Å²) in [5, 5.41) is 10.8. The molecule has 0 unspecified atom stereocenters. The highest BCUT2D eigenvalue weighted by Gasteiger charge is 2.51. The highest BCUT2D eigenvalue weighted by molar-refractivity contribution is 6.01. The summed E-state index contributed by atoms with van der Waals surface area (Å²) in [5.41, 5.74) is 0.743. The molecular formula is C22H21N5O4. The van der Waals surface area contributed by atoms with E-state index in [1.807, 2.05) is 30.3 Å². The number of amides is 2. The van der Waals surface area contributed by atoms with Gasteiger partial charge in [-0.1, -0.05) is 30.3 Å². The van der Waals surface area contributed by atoms with E-state index in [1.165, 1.54) is 4.90 Å². The Labute approximate surface area is 178 Å². The van der Waals surface area contributed by atoms with Crippen LogP contribution in [-0.4, -0.2) is 46.2 Å². The number of anilines is 1. The number of likely N-dealkylation sites (N-methyl/N-ethyl adjacent to an activating group) is 1. The van der Waals surface area contributed by atoms with Crippen LogP contribution in [0.15, 0.2) is 53.1 Å². The molecule has 3 heterocycles. The van der Waals surface area contributed by atoms with Crippen LogP contribution in [0.2, 0.25) is 0 Å². The van der Waals surface area contributed by atoms with Crippen molar-refractivity contribution in [1.82, 2.24) is 20.5 Å². The number of nitrogens with zero attached hydrogens (tertiary/aromatic N) is 4. The maximum absolute atomic E-state index is 13.0. The van der Waals surface area contributed by atoms with Gasteiger partial charge in [-0.05, 0) is 37.5 Å². The Morgan fingerprint density at radius 2 is 1.94 bits per heavy atom. The molecule has 1 N–H and O–H groups in total. The maximum atomic E-state index is 13.0. The maximum Gasteiger partial charge on any atom is 0.309 e. The van der Waals surface area contributed by atoms with Gasteiger partial charge in [-0.3, -0.25) is 14.5 Å². The van der Waals surface area contributed by atoms with Gasteiger partial charge in [0.1, 0.15) is 12.1 Å². The van der Waals surface area contributed by atoms with Crippen LogP contribution in [0.1, 0.15) is 41.9 Å². The fourth-order valence-electron chi connectivity index (χ4n) is 3.91. The van der Waals surface area contributed by atoms with E-state index in [0.29, 0.717) is 17.5 Å². The summed E-state index contributed by atoms with van der Waals surface area (Å²) in [4.78, 5) is 31.4. The molecule has 0 bridgehead atoms. The van der Waals surface area contributed by atoms with E-state index in [0.717, 1.165) is 18.4 Å². The van der Waals surface area contributed by atoms with Crippen molar-refractivity contribution < 1.29 is 18.7 Å². The van der Waals surface area contributed by atoms with Crippen LogP contribution in [0.5, 0.6) is 5.75 Å². The summed E-state index contributed by atoms with van der Waals surface area (Å²) in [7, 11) is 1.59. The molecule has 1 aliphatic carbocycles. The topological polar surface area (TPSA) is 110 Å². The Morgan fingerprint density at radius 3 is 2.68 bits per heavy atom. The molecule has 0 spiro atoms. The summed E-state index contributed by atoms with van der Waals surface area (Å²) in [5.74, 6) is 0.134. The number of benzene rings is 1. The van der Waals surface area contributed by atoms with Gasteiger partial charge < -0.3 is 14.5 Å². The van der Waals surface area contributed by atoms with Gasteiger partial charge in [0.2, 0.25) is 5.89 Å². The Balaban J connectivity index is 1.36. The fourth-order valence-corrected chi connectivity index (χ4v) is 3.91. The summed E-state index contributed by atoms with van der Waals surface area (Å²) in [6.45, 7) is 1.71. The van der Waals surface area contributed by atoms with Crippen molar-refractivity contribution in [3.8, 4) is 5.75 Å². The van der Waals surface area contributed by atoms with Crippen LogP contribution < -0.4 is 15.0 Å². The molecule has 3 aromatic rings. The molecule has 0 radical (unpaired) electrons. The van der Waals surface area contributed by atoms with E-state index >= 15 is 0 Å². The molecule has 158 valence electrons. The fraction of sp³-hybridized carbons (Fsp3) is 0.318. The minimum atomic E-state index is -0.939. The van der Waals surface area contributed by atoms with E-state index in [-0.39, 0.29) is 17.2 Å². The third-order valence-electron chi connectivity index (χ3n) is 5.84. The van der Waals surface area contributed by atoms with Gasteiger partial charge in [0.05, 0.1) is 5.41 Å². The lowest BCUT2D eigenvalue weighted by Crippen LogP contribution is -2.53. The van der Waals surface area contributed by atoms with Crippen molar-refractivity contribution in [2.24, 2.45) is 0 Å². The zero-order valence-electron chi connectivity index (χ0n) is 17.1. The van der Waals surface area contributed by atoms with Crippen molar-refractivity contribution in [2.75, 3.05) is 11.9 Å².